The highest BCUT2D eigenvalue weighted by Gasteiger charge is 2.18. The molecule has 0 atom stereocenters. The third kappa shape index (κ3) is 4.53. The number of rotatable bonds is 6. The summed E-state index contributed by atoms with van der Waals surface area (Å²) < 4.78 is 5.76. The SMILES string of the molecule is CC(=O)c1cc(Cl)ccc1OCc1csc(N(C(C)=O)c2ccccc2)n1. The monoisotopic (exact) mass is 400 g/mol. The molecule has 0 bridgehead atoms. The quantitative estimate of drug-likeness (QED) is 0.529. The van der Waals surface area contributed by atoms with Crippen molar-refractivity contribution in [2.45, 2.75) is 20.5 Å². The number of Topliss-reactive ketones (excluding diaryl/α,β-unsaturated/α-hetero) is 1. The van der Waals surface area contributed by atoms with Gasteiger partial charge in [-0.15, -0.1) is 11.3 Å². The second-order valence-corrected chi connectivity index (χ2v) is 7.07. The lowest BCUT2D eigenvalue weighted by Crippen LogP contribution is -2.22. The normalized spacial score (nSPS) is 10.5. The Hall–Kier alpha value is -2.70. The fourth-order valence-corrected chi connectivity index (χ4v) is 3.57. The van der Waals surface area contributed by atoms with E-state index in [-0.39, 0.29) is 18.3 Å². The summed E-state index contributed by atoms with van der Waals surface area (Å²) in [6, 6.07) is 14.2. The first kappa shape index (κ1) is 19.1. The molecule has 138 valence electrons. The van der Waals surface area contributed by atoms with Gasteiger partial charge in [-0.25, -0.2) is 4.98 Å². The molecule has 0 spiro atoms. The van der Waals surface area contributed by atoms with E-state index in [0.29, 0.717) is 27.2 Å². The summed E-state index contributed by atoms with van der Waals surface area (Å²) >= 11 is 7.30. The fourth-order valence-electron chi connectivity index (χ4n) is 2.52. The number of para-hydroxylation sites is 1. The maximum Gasteiger partial charge on any atom is 0.230 e. The van der Waals surface area contributed by atoms with Crippen LogP contribution >= 0.6 is 22.9 Å². The van der Waals surface area contributed by atoms with Gasteiger partial charge in [-0.05, 0) is 37.3 Å². The van der Waals surface area contributed by atoms with E-state index in [9.17, 15) is 9.59 Å². The van der Waals surface area contributed by atoms with Crippen molar-refractivity contribution < 1.29 is 14.3 Å². The van der Waals surface area contributed by atoms with Crippen LogP contribution in [0, 0.1) is 0 Å². The van der Waals surface area contributed by atoms with E-state index in [1.165, 1.54) is 25.2 Å². The van der Waals surface area contributed by atoms with Crippen LogP contribution in [0.1, 0.15) is 29.9 Å². The molecule has 0 unspecified atom stereocenters. The Morgan fingerprint density at radius 3 is 2.56 bits per heavy atom. The fraction of sp³-hybridized carbons (Fsp3) is 0.150. The van der Waals surface area contributed by atoms with Crippen LogP contribution in [0.5, 0.6) is 5.75 Å². The van der Waals surface area contributed by atoms with Crippen molar-refractivity contribution in [1.29, 1.82) is 0 Å². The highest BCUT2D eigenvalue weighted by molar-refractivity contribution is 7.14. The number of thiazole rings is 1. The Kier molecular flexibility index (Phi) is 5.88. The van der Waals surface area contributed by atoms with Crippen molar-refractivity contribution in [2.24, 2.45) is 0 Å². The Labute approximate surface area is 166 Å². The number of carbonyl (C=O) groups is 2. The molecule has 7 heteroatoms. The topological polar surface area (TPSA) is 59.5 Å². The zero-order valence-electron chi connectivity index (χ0n) is 14.8. The molecule has 3 aromatic rings. The van der Waals surface area contributed by atoms with Gasteiger partial charge in [0.05, 0.1) is 16.9 Å². The first-order chi connectivity index (χ1) is 13.0. The second kappa shape index (κ2) is 8.33. The Morgan fingerprint density at radius 1 is 1.15 bits per heavy atom. The predicted molar refractivity (Wildman–Crippen MR) is 107 cm³/mol. The summed E-state index contributed by atoms with van der Waals surface area (Å²) in [7, 11) is 0. The van der Waals surface area contributed by atoms with Crippen LogP contribution < -0.4 is 9.64 Å². The molecule has 5 nitrogen and oxygen atoms in total. The third-order valence-electron chi connectivity index (χ3n) is 3.76. The van der Waals surface area contributed by atoms with Crippen molar-refractivity contribution >= 4 is 45.4 Å². The van der Waals surface area contributed by atoms with Gasteiger partial charge in [-0.3, -0.25) is 14.5 Å². The van der Waals surface area contributed by atoms with Crippen LogP contribution in [0.4, 0.5) is 10.8 Å². The Morgan fingerprint density at radius 2 is 1.89 bits per heavy atom. The van der Waals surface area contributed by atoms with Gasteiger partial charge in [0.15, 0.2) is 10.9 Å². The lowest BCUT2D eigenvalue weighted by Gasteiger charge is -2.17. The van der Waals surface area contributed by atoms with E-state index >= 15 is 0 Å². The highest BCUT2D eigenvalue weighted by Crippen LogP contribution is 2.30. The summed E-state index contributed by atoms with van der Waals surface area (Å²) in [5.74, 6) is 0.200. The van der Waals surface area contributed by atoms with E-state index in [1.807, 2.05) is 35.7 Å². The van der Waals surface area contributed by atoms with Crippen molar-refractivity contribution in [3.63, 3.8) is 0 Å². The minimum Gasteiger partial charge on any atom is -0.487 e. The number of carbonyl (C=O) groups excluding carboxylic acids is 2. The Bertz CT molecular complexity index is 972. The van der Waals surface area contributed by atoms with E-state index in [1.54, 1.807) is 23.1 Å². The van der Waals surface area contributed by atoms with Crippen molar-refractivity contribution in [1.82, 2.24) is 4.98 Å². The molecule has 0 saturated heterocycles. The summed E-state index contributed by atoms with van der Waals surface area (Å²) in [5, 5.41) is 2.87. The molecular formula is C20H17ClN2O3S. The zero-order chi connectivity index (χ0) is 19.4. The minimum atomic E-state index is -0.127. The van der Waals surface area contributed by atoms with E-state index in [0.717, 1.165) is 5.69 Å². The van der Waals surface area contributed by atoms with Gasteiger partial charge in [-0.2, -0.15) is 0 Å². The summed E-state index contributed by atoms with van der Waals surface area (Å²) in [6.45, 7) is 3.14. The third-order valence-corrected chi connectivity index (χ3v) is 4.87. The average Bonchev–Trinajstić information content (AvgIpc) is 3.09. The first-order valence-corrected chi connectivity index (χ1v) is 9.45. The van der Waals surface area contributed by atoms with Crippen LogP contribution in [0.2, 0.25) is 5.02 Å². The predicted octanol–water partition coefficient (Wildman–Crippen LogP) is 5.26. The molecule has 1 heterocycles. The number of hydrogen-bond acceptors (Lipinski definition) is 5. The molecule has 0 saturated carbocycles. The smallest absolute Gasteiger partial charge is 0.230 e. The second-order valence-electron chi connectivity index (χ2n) is 5.80. The van der Waals surface area contributed by atoms with Gasteiger partial charge in [0.1, 0.15) is 12.4 Å². The number of ketones is 1. The van der Waals surface area contributed by atoms with Crippen LogP contribution in [-0.2, 0) is 11.4 Å². The molecule has 3 rings (SSSR count). The van der Waals surface area contributed by atoms with Gasteiger partial charge >= 0.3 is 0 Å². The molecule has 0 radical (unpaired) electrons. The number of anilines is 2. The van der Waals surface area contributed by atoms with Gasteiger partial charge in [0.25, 0.3) is 0 Å². The average molecular weight is 401 g/mol. The van der Waals surface area contributed by atoms with Crippen molar-refractivity contribution in [2.75, 3.05) is 4.90 Å². The number of benzene rings is 2. The highest BCUT2D eigenvalue weighted by atomic mass is 35.5. The van der Waals surface area contributed by atoms with Gasteiger partial charge < -0.3 is 4.74 Å². The van der Waals surface area contributed by atoms with Crippen LogP contribution in [0.25, 0.3) is 0 Å². The maximum atomic E-state index is 12.1. The standard InChI is InChI=1S/C20H17ClN2O3S/c1-13(24)18-10-15(21)8-9-19(18)26-11-16-12-27-20(22-16)23(14(2)25)17-6-4-3-5-7-17/h3-10,12H,11H2,1-2H3. The molecule has 2 aromatic carbocycles. The maximum absolute atomic E-state index is 12.1. The molecule has 0 N–H and O–H groups in total. The van der Waals surface area contributed by atoms with Crippen molar-refractivity contribution in [3.05, 3.63) is 70.2 Å². The number of hydrogen-bond donors (Lipinski definition) is 0. The van der Waals surface area contributed by atoms with E-state index < -0.39 is 0 Å². The molecule has 27 heavy (non-hydrogen) atoms. The molecule has 1 amide bonds. The van der Waals surface area contributed by atoms with Gasteiger partial charge in [0.2, 0.25) is 5.91 Å². The molecule has 0 aliphatic rings. The van der Waals surface area contributed by atoms with Crippen LogP contribution in [-0.4, -0.2) is 16.7 Å². The lowest BCUT2D eigenvalue weighted by atomic mass is 10.1. The molecule has 1 aromatic heterocycles. The van der Waals surface area contributed by atoms with Crippen molar-refractivity contribution in [3.8, 4) is 5.75 Å². The summed E-state index contributed by atoms with van der Waals surface area (Å²) in [6.07, 6.45) is 0. The number of nitrogens with zero attached hydrogens (tertiary/aromatic N) is 2. The number of aromatic nitrogens is 1. The number of amides is 1. The Balaban J connectivity index is 1.79. The molecule has 0 aliphatic carbocycles. The molecular weight excluding hydrogens is 384 g/mol. The largest absolute Gasteiger partial charge is 0.487 e. The first-order valence-electron chi connectivity index (χ1n) is 8.19. The summed E-state index contributed by atoms with van der Waals surface area (Å²) in [5.41, 5.74) is 1.85. The van der Waals surface area contributed by atoms with E-state index in [2.05, 4.69) is 4.98 Å². The lowest BCUT2D eigenvalue weighted by molar-refractivity contribution is -0.115. The summed E-state index contributed by atoms with van der Waals surface area (Å²) in [4.78, 5) is 29.9. The molecule has 0 aliphatic heterocycles. The van der Waals surface area contributed by atoms with E-state index in [4.69, 9.17) is 16.3 Å². The van der Waals surface area contributed by atoms with Crippen LogP contribution in [0.15, 0.2) is 53.9 Å². The zero-order valence-corrected chi connectivity index (χ0v) is 16.4. The minimum absolute atomic E-state index is 0.125. The molecule has 0 fully saturated rings. The van der Waals surface area contributed by atoms with Gasteiger partial charge in [-0.1, -0.05) is 29.8 Å². The van der Waals surface area contributed by atoms with Crippen LogP contribution in [0.3, 0.4) is 0 Å². The van der Waals surface area contributed by atoms with Gasteiger partial charge in [0, 0.05) is 17.3 Å². The number of halogens is 1. The number of ether oxygens (including phenoxy) is 1.